The molecule has 1 N–H and O–H groups in total. The molecule has 1 aromatic carbocycles. The third-order valence-corrected chi connectivity index (χ3v) is 2.08. The van der Waals surface area contributed by atoms with Crippen LogP contribution >= 0.6 is 11.6 Å². The van der Waals surface area contributed by atoms with E-state index in [1.54, 1.807) is 0 Å². The van der Waals surface area contributed by atoms with Gasteiger partial charge in [0.15, 0.2) is 0 Å². The predicted octanol–water partition coefficient (Wildman–Crippen LogP) is 3.17. The van der Waals surface area contributed by atoms with E-state index < -0.39 is 0 Å². The Balaban J connectivity index is 0.000000845. The van der Waals surface area contributed by atoms with Gasteiger partial charge in [-0.25, -0.2) is 0 Å². The number of hydrogen-bond acceptors (Lipinski definition) is 2. The van der Waals surface area contributed by atoms with E-state index in [1.807, 2.05) is 25.1 Å². The first-order chi connectivity index (χ1) is 5.75. The molecule has 0 saturated carbocycles. The predicted molar refractivity (Wildman–Crippen MR) is 56.8 cm³/mol. The van der Waals surface area contributed by atoms with Crippen molar-refractivity contribution in [2.75, 3.05) is 11.9 Å². The van der Waals surface area contributed by atoms with Gasteiger partial charge in [0.2, 0.25) is 0 Å². The van der Waals surface area contributed by atoms with Gasteiger partial charge in [-0.1, -0.05) is 19.0 Å². The fraction of sp³-hybridized carbons (Fsp3) is 0.400. The van der Waals surface area contributed by atoms with E-state index in [4.69, 9.17) is 16.3 Å². The van der Waals surface area contributed by atoms with Gasteiger partial charge < -0.3 is 10.1 Å². The zero-order valence-corrected chi connectivity index (χ0v) is 7.56. The molecule has 0 aromatic heterocycles. The van der Waals surface area contributed by atoms with Gasteiger partial charge in [0.25, 0.3) is 0 Å². The molecule has 0 aliphatic carbocycles. The minimum Gasteiger partial charge on any atom is -0.487 e. The van der Waals surface area contributed by atoms with Gasteiger partial charge >= 0.3 is 0 Å². The summed E-state index contributed by atoms with van der Waals surface area (Å²) < 4.78 is 5.57. The van der Waals surface area contributed by atoms with Crippen LogP contribution in [0.25, 0.3) is 0 Å². The van der Waals surface area contributed by atoms with Gasteiger partial charge in [-0.3, -0.25) is 0 Å². The number of fused-ring (bicyclic) bond motifs is 1. The third-order valence-electron chi connectivity index (χ3n) is 1.85. The number of hydrogen-bond donors (Lipinski definition) is 1. The smallest absolute Gasteiger partial charge is 0.142 e. The average molecular weight is 200 g/mol. The molecule has 3 heteroatoms. The van der Waals surface area contributed by atoms with E-state index in [9.17, 15) is 0 Å². The van der Waals surface area contributed by atoms with Gasteiger partial charge in [0, 0.05) is 5.02 Å². The molecule has 0 fully saturated rings. The molecule has 0 saturated heterocycles. The number of halogens is 1. The topological polar surface area (TPSA) is 21.3 Å². The molecular weight excluding hydrogens is 186 g/mol. The summed E-state index contributed by atoms with van der Waals surface area (Å²) in [6.45, 7) is 2.87. The number of anilines is 1. The van der Waals surface area contributed by atoms with Crippen LogP contribution in [0.1, 0.15) is 14.4 Å². The maximum Gasteiger partial charge on any atom is 0.142 e. The highest BCUT2D eigenvalue weighted by Gasteiger charge is 2.14. The fourth-order valence-corrected chi connectivity index (χ4v) is 1.43. The molecule has 72 valence electrons. The zero-order chi connectivity index (χ0) is 8.55. The molecule has 1 aliphatic rings. The summed E-state index contributed by atoms with van der Waals surface area (Å²) in [5.74, 6) is 0.887. The molecular formula is C10H14ClNO. The van der Waals surface area contributed by atoms with E-state index in [2.05, 4.69) is 5.32 Å². The van der Waals surface area contributed by atoms with E-state index in [-0.39, 0.29) is 13.5 Å². The van der Waals surface area contributed by atoms with Crippen LogP contribution < -0.4 is 10.1 Å². The van der Waals surface area contributed by atoms with Crippen LogP contribution in [-0.4, -0.2) is 12.6 Å². The van der Waals surface area contributed by atoms with Crippen molar-refractivity contribution >= 4 is 17.3 Å². The van der Waals surface area contributed by atoms with Crippen molar-refractivity contribution in [2.24, 2.45) is 0 Å². The lowest BCUT2D eigenvalue weighted by atomic mass is 10.2. The van der Waals surface area contributed by atoms with Crippen LogP contribution in [0, 0.1) is 0 Å². The van der Waals surface area contributed by atoms with Crippen LogP contribution in [0.15, 0.2) is 18.2 Å². The zero-order valence-electron chi connectivity index (χ0n) is 6.80. The van der Waals surface area contributed by atoms with Crippen LogP contribution in [-0.2, 0) is 0 Å². The number of rotatable bonds is 0. The Morgan fingerprint density at radius 2 is 2.31 bits per heavy atom. The molecule has 1 aromatic rings. The van der Waals surface area contributed by atoms with E-state index >= 15 is 0 Å². The average Bonchev–Trinajstić information content (AvgIpc) is 2.05. The standard InChI is InChI=1S/C9H10ClNO.CH4/c1-6-5-11-8-4-7(10)2-3-9(8)12-6;/h2-4,6,11H,5H2,1H3;1H4/t6-;/m0./s1. The van der Waals surface area contributed by atoms with Gasteiger partial charge in [-0.2, -0.15) is 0 Å². The van der Waals surface area contributed by atoms with Crippen LogP contribution in [0.3, 0.4) is 0 Å². The lowest BCUT2D eigenvalue weighted by Gasteiger charge is -2.24. The molecule has 1 atom stereocenters. The van der Waals surface area contributed by atoms with Gasteiger partial charge in [-0.05, 0) is 25.1 Å². The Bertz CT molecular complexity index is 301. The summed E-state index contributed by atoms with van der Waals surface area (Å²) in [4.78, 5) is 0. The maximum atomic E-state index is 5.82. The summed E-state index contributed by atoms with van der Waals surface area (Å²) in [6.07, 6.45) is 0.235. The van der Waals surface area contributed by atoms with Crippen molar-refractivity contribution in [3.63, 3.8) is 0 Å². The second-order valence-electron chi connectivity index (χ2n) is 2.95. The summed E-state index contributed by atoms with van der Waals surface area (Å²) in [5.41, 5.74) is 0.987. The van der Waals surface area contributed by atoms with Gasteiger partial charge in [0.05, 0.1) is 12.2 Å². The number of nitrogens with one attached hydrogen (secondary N) is 1. The quantitative estimate of drug-likeness (QED) is 0.693. The van der Waals surface area contributed by atoms with Crippen molar-refractivity contribution < 1.29 is 4.74 Å². The van der Waals surface area contributed by atoms with Crippen molar-refractivity contribution in [3.8, 4) is 5.75 Å². The highest BCUT2D eigenvalue weighted by molar-refractivity contribution is 6.30. The highest BCUT2D eigenvalue weighted by atomic mass is 35.5. The monoisotopic (exact) mass is 199 g/mol. The lowest BCUT2D eigenvalue weighted by molar-refractivity contribution is 0.226. The molecule has 0 unspecified atom stereocenters. The second kappa shape index (κ2) is 3.88. The first-order valence-corrected chi connectivity index (χ1v) is 4.33. The van der Waals surface area contributed by atoms with E-state index in [1.165, 1.54) is 0 Å². The van der Waals surface area contributed by atoms with Crippen molar-refractivity contribution in [3.05, 3.63) is 23.2 Å². The van der Waals surface area contributed by atoms with Crippen LogP contribution in [0.4, 0.5) is 5.69 Å². The first-order valence-electron chi connectivity index (χ1n) is 3.96. The molecule has 0 amide bonds. The summed E-state index contributed by atoms with van der Waals surface area (Å²) in [6, 6.07) is 5.60. The second-order valence-corrected chi connectivity index (χ2v) is 3.39. The third kappa shape index (κ3) is 2.07. The van der Waals surface area contributed by atoms with Crippen molar-refractivity contribution in [2.45, 2.75) is 20.5 Å². The maximum absolute atomic E-state index is 5.82. The minimum absolute atomic E-state index is 0. The summed E-state index contributed by atoms with van der Waals surface area (Å²) in [5, 5.41) is 3.98. The van der Waals surface area contributed by atoms with Crippen molar-refractivity contribution in [1.29, 1.82) is 0 Å². The molecule has 0 radical (unpaired) electrons. The summed E-state index contributed by atoms with van der Waals surface area (Å²) in [7, 11) is 0. The number of ether oxygens (including phenoxy) is 1. The Morgan fingerprint density at radius 1 is 1.54 bits per heavy atom. The molecule has 2 rings (SSSR count). The Kier molecular flexibility index (Phi) is 3.04. The Labute approximate surface area is 83.9 Å². The van der Waals surface area contributed by atoms with Crippen LogP contribution in [0.2, 0.25) is 5.02 Å². The fourth-order valence-electron chi connectivity index (χ4n) is 1.26. The first kappa shape index (κ1) is 10.2. The highest BCUT2D eigenvalue weighted by Crippen LogP contribution is 2.31. The van der Waals surface area contributed by atoms with E-state index in [0.717, 1.165) is 23.0 Å². The molecule has 1 aliphatic heterocycles. The normalized spacial score (nSPS) is 19.1. The SMILES string of the molecule is C.C[C@H]1CNc2cc(Cl)ccc2O1. The lowest BCUT2D eigenvalue weighted by Crippen LogP contribution is -2.27. The molecule has 0 bridgehead atoms. The Morgan fingerprint density at radius 3 is 3.08 bits per heavy atom. The number of benzene rings is 1. The molecule has 0 spiro atoms. The minimum atomic E-state index is 0. The largest absolute Gasteiger partial charge is 0.487 e. The molecule has 1 heterocycles. The van der Waals surface area contributed by atoms with Gasteiger partial charge in [0.1, 0.15) is 11.9 Å². The van der Waals surface area contributed by atoms with Crippen molar-refractivity contribution in [1.82, 2.24) is 0 Å². The molecule has 13 heavy (non-hydrogen) atoms. The Hall–Kier alpha value is -0.890. The van der Waals surface area contributed by atoms with Crippen LogP contribution in [0.5, 0.6) is 5.75 Å². The summed E-state index contributed by atoms with van der Waals surface area (Å²) >= 11 is 5.82. The van der Waals surface area contributed by atoms with E-state index in [0.29, 0.717) is 0 Å². The van der Waals surface area contributed by atoms with Gasteiger partial charge in [-0.15, -0.1) is 0 Å². The molecule has 2 nitrogen and oxygen atoms in total.